The summed E-state index contributed by atoms with van der Waals surface area (Å²) in [4.78, 5) is 17.0. The van der Waals surface area contributed by atoms with Crippen molar-refractivity contribution in [2.75, 3.05) is 20.3 Å². The molecule has 6 nitrogen and oxygen atoms in total. The first kappa shape index (κ1) is 29.2. The molecule has 40 heavy (non-hydrogen) atoms. The number of unbranched alkanes of at least 4 members (excludes halogenated alkanes) is 3. The van der Waals surface area contributed by atoms with Crippen LogP contribution in [0.4, 0.5) is 0 Å². The number of aromatic nitrogens is 2. The van der Waals surface area contributed by atoms with Crippen LogP contribution in [0.1, 0.15) is 39.0 Å². The minimum atomic E-state index is -0.795. The van der Waals surface area contributed by atoms with Gasteiger partial charge in [0.25, 0.3) is 0 Å². The lowest BCUT2D eigenvalue weighted by atomic mass is 9.96. The van der Waals surface area contributed by atoms with Crippen molar-refractivity contribution in [1.82, 2.24) is 9.55 Å². The number of hydrogen-bond acceptors (Lipinski definition) is 4. The maximum atomic E-state index is 11.8. The second-order valence-corrected chi connectivity index (χ2v) is 10.1. The Morgan fingerprint density at radius 1 is 0.800 bits per heavy atom. The maximum absolute atomic E-state index is 11.8. The van der Waals surface area contributed by atoms with Crippen LogP contribution in [0.2, 0.25) is 0 Å². The maximum Gasteiger partial charge on any atom is 0.309 e. The van der Waals surface area contributed by atoms with E-state index < -0.39 is 11.9 Å². The molecule has 0 amide bonds. The molecular weight excluding hydrogens is 500 g/mol. The standard InChI is InChI=1S/C34H40N2O4/c1-26(40-25-24-39-2)30(34(37)38)22-14-3-4-15-23-36-32(28-18-10-6-11-19-28)31(27-16-8-5-9-17-27)35-33(36)29-20-12-7-13-21-29/h5-13,16-21,26,30H,3-4,14-15,22-25H2,1-2H3,(H,37,38). The highest BCUT2D eigenvalue weighted by Crippen LogP contribution is 2.36. The van der Waals surface area contributed by atoms with E-state index in [1.54, 1.807) is 7.11 Å². The third-order valence-corrected chi connectivity index (χ3v) is 7.29. The summed E-state index contributed by atoms with van der Waals surface area (Å²) in [5.74, 6) is -0.337. The van der Waals surface area contributed by atoms with Crippen molar-refractivity contribution in [3.8, 4) is 33.9 Å². The summed E-state index contributed by atoms with van der Waals surface area (Å²) in [6.45, 7) is 3.54. The third-order valence-electron chi connectivity index (χ3n) is 7.29. The zero-order chi connectivity index (χ0) is 28.2. The van der Waals surface area contributed by atoms with Gasteiger partial charge in [-0.05, 0) is 19.8 Å². The van der Waals surface area contributed by atoms with E-state index in [4.69, 9.17) is 14.5 Å². The molecule has 0 saturated carbocycles. The van der Waals surface area contributed by atoms with Crippen LogP contribution in [0.3, 0.4) is 0 Å². The highest BCUT2D eigenvalue weighted by molar-refractivity contribution is 5.82. The quantitative estimate of drug-likeness (QED) is 0.148. The fourth-order valence-electron chi connectivity index (χ4n) is 5.14. The Labute approximate surface area is 237 Å². The molecule has 0 aliphatic carbocycles. The number of carboxylic acid groups (broad SMARTS) is 1. The molecule has 0 bridgehead atoms. The number of ether oxygens (including phenoxy) is 2. The number of imidazole rings is 1. The molecule has 0 aliphatic rings. The van der Waals surface area contributed by atoms with E-state index in [-0.39, 0.29) is 6.10 Å². The molecule has 1 aromatic heterocycles. The van der Waals surface area contributed by atoms with Crippen molar-refractivity contribution in [3.05, 3.63) is 91.0 Å². The predicted molar refractivity (Wildman–Crippen MR) is 160 cm³/mol. The lowest BCUT2D eigenvalue weighted by Gasteiger charge is -2.20. The smallest absolute Gasteiger partial charge is 0.309 e. The zero-order valence-corrected chi connectivity index (χ0v) is 23.5. The van der Waals surface area contributed by atoms with E-state index in [1.807, 2.05) is 25.1 Å². The van der Waals surface area contributed by atoms with Gasteiger partial charge in [-0.3, -0.25) is 4.79 Å². The Morgan fingerprint density at radius 2 is 1.38 bits per heavy atom. The Balaban J connectivity index is 1.50. The second-order valence-electron chi connectivity index (χ2n) is 10.1. The van der Waals surface area contributed by atoms with E-state index in [1.165, 1.54) is 0 Å². The Morgan fingerprint density at radius 3 is 1.98 bits per heavy atom. The Hall–Kier alpha value is -3.74. The molecule has 0 spiro atoms. The topological polar surface area (TPSA) is 73.6 Å². The summed E-state index contributed by atoms with van der Waals surface area (Å²) in [5.41, 5.74) is 5.44. The van der Waals surface area contributed by atoms with Gasteiger partial charge in [0.15, 0.2) is 0 Å². The minimum absolute atomic E-state index is 0.336. The van der Waals surface area contributed by atoms with Crippen LogP contribution in [0, 0.1) is 5.92 Å². The van der Waals surface area contributed by atoms with Gasteiger partial charge in [-0.1, -0.05) is 110 Å². The minimum Gasteiger partial charge on any atom is -0.481 e. The van der Waals surface area contributed by atoms with Gasteiger partial charge < -0.3 is 19.1 Å². The van der Waals surface area contributed by atoms with E-state index in [9.17, 15) is 9.90 Å². The summed E-state index contributed by atoms with van der Waals surface area (Å²) < 4.78 is 13.1. The number of methoxy groups -OCH3 is 1. The van der Waals surface area contributed by atoms with Gasteiger partial charge in [-0.15, -0.1) is 0 Å². The zero-order valence-electron chi connectivity index (χ0n) is 23.5. The molecule has 2 atom stereocenters. The van der Waals surface area contributed by atoms with Crippen LogP contribution in [-0.2, 0) is 20.8 Å². The summed E-state index contributed by atoms with van der Waals surface area (Å²) in [7, 11) is 1.61. The molecule has 1 N–H and O–H groups in total. The molecule has 4 rings (SSSR count). The summed E-state index contributed by atoms with van der Waals surface area (Å²) >= 11 is 0. The molecule has 6 heteroatoms. The van der Waals surface area contributed by atoms with Gasteiger partial charge >= 0.3 is 5.97 Å². The van der Waals surface area contributed by atoms with Gasteiger partial charge in [0.05, 0.1) is 36.6 Å². The first-order valence-electron chi connectivity index (χ1n) is 14.2. The van der Waals surface area contributed by atoms with Crippen molar-refractivity contribution in [1.29, 1.82) is 0 Å². The van der Waals surface area contributed by atoms with E-state index in [2.05, 4.69) is 77.4 Å². The fourth-order valence-corrected chi connectivity index (χ4v) is 5.14. The van der Waals surface area contributed by atoms with Crippen LogP contribution in [0.5, 0.6) is 0 Å². The van der Waals surface area contributed by atoms with Gasteiger partial charge in [0.2, 0.25) is 0 Å². The predicted octanol–water partition coefficient (Wildman–Crippen LogP) is 7.59. The van der Waals surface area contributed by atoms with Gasteiger partial charge in [0.1, 0.15) is 5.82 Å². The number of nitrogens with zero attached hydrogens (tertiary/aromatic N) is 2. The van der Waals surface area contributed by atoms with Crippen molar-refractivity contribution in [3.63, 3.8) is 0 Å². The molecule has 0 saturated heterocycles. The molecule has 3 aromatic carbocycles. The normalized spacial score (nSPS) is 12.8. The van der Waals surface area contributed by atoms with Crippen LogP contribution in [0.25, 0.3) is 33.9 Å². The molecule has 1 heterocycles. The number of hydrogen-bond donors (Lipinski definition) is 1. The van der Waals surface area contributed by atoms with Crippen molar-refractivity contribution in [2.24, 2.45) is 5.92 Å². The first-order valence-corrected chi connectivity index (χ1v) is 14.2. The number of aliphatic carboxylic acids is 1. The molecular formula is C34H40N2O4. The average molecular weight is 541 g/mol. The third kappa shape index (κ3) is 7.68. The Kier molecular flexibility index (Phi) is 11.1. The van der Waals surface area contributed by atoms with Gasteiger partial charge in [-0.25, -0.2) is 4.98 Å². The number of carbonyl (C=O) groups is 1. The second kappa shape index (κ2) is 15.2. The van der Waals surface area contributed by atoms with E-state index in [0.717, 1.165) is 66.1 Å². The van der Waals surface area contributed by atoms with Crippen molar-refractivity contribution >= 4 is 5.97 Å². The number of benzene rings is 3. The number of rotatable bonds is 16. The van der Waals surface area contributed by atoms with Crippen LogP contribution in [0.15, 0.2) is 91.0 Å². The Bertz CT molecular complexity index is 1310. The molecule has 2 unspecified atom stereocenters. The fraction of sp³-hybridized carbons (Fsp3) is 0.353. The van der Waals surface area contributed by atoms with Crippen LogP contribution < -0.4 is 0 Å². The van der Waals surface area contributed by atoms with Crippen LogP contribution in [-0.4, -0.2) is 47.1 Å². The molecule has 0 fully saturated rings. The molecule has 0 aliphatic heterocycles. The van der Waals surface area contributed by atoms with E-state index >= 15 is 0 Å². The largest absolute Gasteiger partial charge is 0.481 e. The van der Waals surface area contributed by atoms with Crippen molar-refractivity contribution < 1.29 is 19.4 Å². The molecule has 4 aromatic rings. The van der Waals surface area contributed by atoms with Crippen LogP contribution >= 0.6 is 0 Å². The van der Waals surface area contributed by atoms with Crippen molar-refractivity contribution in [2.45, 2.75) is 51.7 Å². The molecule has 0 radical (unpaired) electrons. The van der Waals surface area contributed by atoms with Gasteiger partial charge in [0, 0.05) is 30.3 Å². The SMILES string of the molecule is COCCOC(C)C(CCCCCCn1c(-c2ccccc2)nc(-c2ccccc2)c1-c1ccccc1)C(=O)O. The summed E-state index contributed by atoms with van der Waals surface area (Å²) in [5, 5.41) is 9.70. The summed E-state index contributed by atoms with van der Waals surface area (Å²) in [6.07, 6.45) is 4.07. The lowest BCUT2D eigenvalue weighted by Crippen LogP contribution is -2.29. The van der Waals surface area contributed by atoms with E-state index in [0.29, 0.717) is 19.6 Å². The number of carboxylic acids is 1. The highest BCUT2D eigenvalue weighted by Gasteiger charge is 2.25. The molecule has 210 valence electrons. The average Bonchev–Trinajstić information content (AvgIpc) is 3.37. The lowest BCUT2D eigenvalue weighted by molar-refractivity contribution is -0.147. The monoisotopic (exact) mass is 540 g/mol. The summed E-state index contributed by atoms with van der Waals surface area (Å²) in [6, 6.07) is 31.2. The highest BCUT2D eigenvalue weighted by atomic mass is 16.5. The van der Waals surface area contributed by atoms with Gasteiger partial charge in [-0.2, -0.15) is 0 Å². The first-order chi connectivity index (χ1) is 19.6.